The number of nitrogens with zero attached hydrogens (tertiary/aromatic N) is 4. The van der Waals surface area contributed by atoms with Gasteiger partial charge in [0.25, 0.3) is 0 Å². The molecule has 37 heavy (non-hydrogen) atoms. The van der Waals surface area contributed by atoms with E-state index in [1.165, 1.54) is 34.9 Å². The normalized spacial score (nSPS) is 16.1. The van der Waals surface area contributed by atoms with Gasteiger partial charge in [-0.25, -0.2) is 13.4 Å². The fourth-order valence-electron chi connectivity index (χ4n) is 4.42. The number of methoxy groups -OCH3 is 2. The van der Waals surface area contributed by atoms with Gasteiger partial charge in [0.2, 0.25) is 15.9 Å². The number of pyridine rings is 1. The van der Waals surface area contributed by atoms with Gasteiger partial charge in [0, 0.05) is 12.7 Å². The van der Waals surface area contributed by atoms with Crippen LogP contribution in [-0.4, -0.2) is 55.4 Å². The maximum absolute atomic E-state index is 14.1. The lowest BCUT2D eigenvalue weighted by molar-refractivity contribution is -0.121. The molecule has 0 aliphatic carbocycles. The molecule has 1 aliphatic rings. The Morgan fingerprint density at radius 3 is 2.59 bits per heavy atom. The number of ether oxygens (including phenoxy) is 2. The van der Waals surface area contributed by atoms with Crippen LogP contribution in [0.15, 0.2) is 71.8 Å². The van der Waals surface area contributed by atoms with Crippen molar-refractivity contribution in [2.75, 3.05) is 25.7 Å². The number of carbonyl (C=O) groups excluding carboxylic acids is 1. The van der Waals surface area contributed by atoms with Crippen molar-refractivity contribution in [2.45, 2.75) is 30.3 Å². The summed E-state index contributed by atoms with van der Waals surface area (Å²) < 4.78 is 39.9. The maximum atomic E-state index is 14.1. The zero-order valence-corrected chi connectivity index (χ0v) is 22.0. The van der Waals surface area contributed by atoms with Crippen molar-refractivity contribution in [3.63, 3.8) is 0 Å². The van der Waals surface area contributed by atoms with Crippen molar-refractivity contribution in [3.8, 4) is 11.5 Å². The van der Waals surface area contributed by atoms with Gasteiger partial charge in [-0.1, -0.05) is 23.5 Å². The number of hydrogen-bond acceptors (Lipinski definition) is 8. The van der Waals surface area contributed by atoms with Crippen molar-refractivity contribution < 1.29 is 22.7 Å². The van der Waals surface area contributed by atoms with E-state index in [0.717, 1.165) is 4.70 Å². The molecule has 2 aromatic carbocycles. The molecule has 192 valence electrons. The summed E-state index contributed by atoms with van der Waals surface area (Å²) in [6.07, 6.45) is 2.66. The fourth-order valence-corrected chi connectivity index (χ4v) is 7.06. The third kappa shape index (κ3) is 4.89. The average molecular weight is 539 g/mol. The molecule has 1 amide bonds. The van der Waals surface area contributed by atoms with Crippen LogP contribution in [0.3, 0.4) is 0 Å². The molecule has 3 heterocycles. The first-order chi connectivity index (χ1) is 17.9. The van der Waals surface area contributed by atoms with Crippen LogP contribution < -0.4 is 14.4 Å². The molecule has 1 saturated heterocycles. The van der Waals surface area contributed by atoms with Gasteiger partial charge < -0.3 is 9.47 Å². The zero-order chi connectivity index (χ0) is 26.0. The summed E-state index contributed by atoms with van der Waals surface area (Å²) in [5.74, 6) is 0.828. The second kappa shape index (κ2) is 10.4. The lowest BCUT2D eigenvalue weighted by Crippen LogP contribution is -2.47. The van der Waals surface area contributed by atoms with Crippen molar-refractivity contribution in [3.05, 3.63) is 72.6 Å². The predicted octanol–water partition coefficient (Wildman–Crippen LogP) is 4.10. The van der Waals surface area contributed by atoms with Crippen LogP contribution in [0.2, 0.25) is 0 Å². The summed E-state index contributed by atoms with van der Waals surface area (Å²) in [6, 6.07) is 16.4. The number of carbonyl (C=O) groups is 1. The molecular formula is C26H26N4O5S2. The Balaban J connectivity index is 1.52. The Hall–Kier alpha value is -3.54. The number of amides is 1. The molecular weight excluding hydrogens is 512 g/mol. The minimum atomic E-state index is -3.90. The molecule has 2 aromatic heterocycles. The second-order valence-electron chi connectivity index (χ2n) is 8.50. The maximum Gasteiger partial charge on any atom is 0.247 e. The number of sulfonamides is 1. The molecule has 4 aromatic rings. The number of anilines is 1. The van der Waals surface area contributed by atoms with Gasteiger partial charge >= 0.3 is 0 Å². The van der Waals surface area contributed by atoms with Gasteiger partial charge in [-0.3, -0.25) is 14.7 Å². The van der Waals surface area contributed by atoms with Crippen LogP contribution in [0.1, 0.15) is 18.5 Å². The molecule has 0 spiro atoms. The van der Waals surface area contributed by atoms with E-state index in [9.17, 15) is 13.2 Å². The molecule has 1 unspecified atom stereocenters. The van der Waals surface area contributed by atoms with Gasteiger partial charge in [-0.15, -0.1) is 0 Å². The topological polar surface area (TPSA) is 102 Å². The molecule has 1 fully saturated rings. The van der Waals surface area contributed by atoms with Gasteiger partial charge in [-0.05, 0) is 61.4 Å². The molecule has 11 heteroatoms. The highest BCUT2D eigenvalue weighted by molar-refractivity contribution is 7.89. The van der Waals surface area contributed by atoms with E-state index in [1.54, 1.807) is 36.4 Å². The third-order valence-corrected chi connectivity index (χ3v) is 9.25. The van der Waals surface area contributed by atoms with Crippen LogP contribution in [0.4, 0.5) is 5.13 Å². The smallest absolute Gasteiger partial charge is 0.247 e. The summed E-state index contributed by atoms with van der Waals surface area (Å²) in [6.45, 7) is 0.421. The van der Waals surface area contributed by atoms with Crippen molar-refractivity contribution in [1.82, 2.24) is 14.3 Å². The van der Waals surface area contributed by atoms with Crippen LogP contribution >= 0.6 is 11.3 Å². The Labute approximate surface area is 219 Å². The van der Waals surface area contributed by atoms with Gasteiger partial charge in [0.15, 0.2) is 5.13 Å². The lowest BCUT2D eigenvalue weighted by atomic mass is 10.2. The van der Waals surface area contributed by atoms with E-state index < -0.39 is 16.1 Å². The number of rotatable bonds is 8. The van der Waals surface area contributed by atoms with Gasteiger partial charge in [0.1, 0.15) is 23.1 Å². The van der Waals surface area contributed by atoms with E-state index in [2.05, 4.69) is 4.98 Å². The zero-order valence-electron chi connectivity index (χ0n) is 20.4. The highest BCUT2D eigenvalue weighted by Gasteiger charge is 2.42. The van der Waals surface area contributed by atoms with Crippen LogP contribution in [0.25, 0.3) is 10.2 Å². The molecule has 0 N–H and O–H groups in total. The largest absolute Gasteiger partial charge is 0.497 e. The summed E-state index contributed by atoms with van der Waals surface area (Å²) >= 11 is 1.35. The van der Waals surface area contributed by atoms with Crippen LogP contribution in [0.5, 0.6) is 11.5 Å². The number of aromatic nitrogens is 2. The Morgan fingerprint density at radius 2 is 1.89 bits per heavy atom. The van der Waals surface area contributed by atoms with E-state index >= 15 is 0 Å². The minimum absolute atomic E-state index is 0.119. The molecule has 0 radical (unpaired) electrons. The number of para-hydroxylation sites is 1. The van der Waals surface area contributed by atoms with E-state index in [1.807, 2.05) is 30.3 Å². The van der Waals surface area contributed by atoms with E-state index in [-0.39, 0.29) is 23.9 Å². The Bertz CT molecular complexity index is 1510. The lowest BCUT2D eigenvalue weighted by Gasteiger charge is -2.28. The number of fused-ring (bicyclic) bond motifs is 1. The first-order valence-corrected chi connectivity index (χ1v) is 14.0. The molecule has 0 bridgehead atoms. The van der Waals surface area contributed by atoms with Crippen molar-refractivity contribution >= 4 is 42.6 Å². The summed E-state index contributed by atoms with van der Waals surface area (Å²) in [4.78, 5) is 24.9. The summed E-state index contributed by atoms with van der Waals surface area (Å²) in [5, 5.41) is 0.462. The van der Waals surface area contributed by atoms with Crippen LogP contribution in [-0.2, 0) is 21.4 Å². The first-order valence-electron chi connectivity index (χ1n) is 11.7. The molecule has 9 nitrogen and oxygen atoms in total. The second-order valence-corrected chi connectivity index (χ2v) is 11.4. The number of benzene rings is 2. The fraction of sp³-hybridized carbons (Fsp3) is 0.269. The monoisotopic (exact) mass is 538 g/mol. The highest BCUT2D eigenvalue weighted by atomic mass is 32.2. The summed E-state index contributed by atoms with van der Waals surface area (Å²) in [7, 11) is -0.809. The van der Waals surface area contributed by atoms with Gasteiger partial charge in [0.05, 0.1) is 36.1 Å². The predicted molar refractivity (Wildman–Crippen MR) is 142 cm³/mol. The Morgan fingerprint density at radius 1 is 1.08 bits per heavy atom. The molecule has 1 aliphatic heterocycles. The van der Waals surface area contributed by atoms with E-state index in [4.69, 9.17) is 14.5 Å². The number of hydrogen-bond donors (Lipinski definition) is 0. The molecule has 5 rings (SSSR count). The third-order valence-electron chi connectivity index (χ3n) is 6.29. The van der Waals surface area contributed by atoms with Crippen molar-refractivity contribution in [2.24, 2.45) is 0 Å². The number of thiazole rings is 1. The Kier molecular flexibility index (Phi) is 7.09. The first kappa shape index (κ1) is 25.1. The van der Waals surface area contributed by atoms with Crippen LogP contribution in [0, 0.1) is 0 Å². The van der Waals surface area contributed by atoms with E-state index in [0.29, 0.717) is 40.7 Å². The summed E-state index contributed by atoms with van der Waals surface area (Å²) in [5.41, 5.74) is 1.32. The standard InChI is InChI=1S/C26H26N4O5S2/c1-34-19-11-13-20(14-12-19)37(32,33)30-16-6-8-21(30)25(31)29(17-18-7-3-4-15-27-18)26-28-24-22(35-2)9-5-10-23(24)36-26/h3-5,7,9-15,21H,6,8,16-17H2,1-2H3. The van der Waals surface area contributed by atoms with Crippen molar-refractivity contribution in [1.29, 1.82) is 0 Å². The average Bonchev–Trinajstić information content (AvgIpc) is 3.60. The SMILES string of the molecule is COc1ccc(S(=O)(=O)N2CCCC2C(=O)N(Cc2ccccn2)c2nc3c(OC)cccc3s2)cc1. The molecule has 0 saturated carbocycles. The molecule has 1 atom stereocenters. The highest BCUT2D eigenvalue weighted by Crippen LogP contribution is 2.36. The minimum Gasteiger partial charge on any atom is -0.497 e. The quantitative estimate of drug-likeness (QED) is 0.333. The van der Waals surface area contributed by atoms with Gasteiger partial charge in [-0.2, -0.15) is 4.31 Å².